The Hall–Kier alpha value is -0.395. The first-order valence-electron chi connectivity index (χ1n) is 9.79. The number of hydrogen-bond acceptors (Lipinski definition) is 6. The average molecular weight is 423 g/mol. The highest BCUT2D eigenvalue weighted by Crippen LogP contribution is 2.33. The highest BCUT2D eigenvalue weighted by atomic mass is 32.7. The lowest BCUT2D eigenvalue weighted by atomic mass is 9.94. The zero-order chi connectivity index (χ0) is 19.8. The van der Waals surface area contributed by atoms with Crippen molar-refractivity contribution in [2.75, 3.05) is 13.2 Å². The Kier molecular flexibility index (Phi) is 9.32. The van der Waals surface area contributed by atoms with Gasteiger partial charge in [0.25, 0.3) is 0 Å². The van der Waals surface area contributed by atoms with Crippen LogP contribution in [0.15, 0.2) is 36.4 Å². The molecule has 0 aliphatic carbocycles. The molecule has 2 aliphatic rings. The zero-order valence-corrected chi connectivity index (χ0v) is 18.0. The van der Waals surface area contributed by atoms with Gasteiger partial charge in [-0.2, -0.15) is 12.2 Å². The minimum atomic E-state index is -0.390. The van der Waals surface area contributed by atoms with E-state index in [1.54, 1.807) is 7.20 Å². The van der Waals surface area contributed by atoms with Crippen LogP contribution in [0.4, 0.5) is 0 Å². The summed E-state index contributed by atoms with van der Waals surface area (Å²) in [6, 6.07) is 7.72. The number of aliphatic hydroxyl groups excluding tert-OH is 1. The van der Waals surface area contributed by atoms with E-state index in [1.807, 2.05) is 24.3 Å². The fraction of sp³-hybridized carbons (Fsp3) is 0.600. The minimum absolute atomic E-state index is 0.0132. The van der Waals surface area contributed by atoms with Gasteiger partial charge >= 0.3 is 7.20 Å². The molecule has 1 aromatic carbocycles. The predicted octanol–water partition coefficient (Wildman–Crippen LogP) is 3.94. The van der Waals surface area contributed by atoms with E-state index in [0.717, 1.165) is 43.2 Å². The lowest BCUT2D eigenvalue weighted by Gasteiger charge is -2.36. The van der Waals surface area contributed by atoms with Crippen LogP contribution in [-0.4, -0.2) is 43.8 Å². The smallest absolute Gasteiger partial charge is 0.332 e. The maximum Gasteiger partial charge on any atom is 0.332 e. The summed E-state index contributed by atoms with van der Waals surface area (Å²) in [6.45, 7) is 5.52. The van der Waals surface area contributed by atoms with Crippen molar-refractivity contribution < 1.29 is 24.0 Å². The molecule has 28 heavy (non-hydrogen) atoms. The van der Waals surface area contributed by atoms with Crippen LogP contribution < -0.4 is 0 Å². The summed E-state index contributed by atoms with van der Waals surface area (Å²) in [7, 11) is 2.14. The summed E-state index contributed by atoms with van der Waals surface area (Å²) in [4.78, 5) is 0. The molecule has 0 spiro atoms. The summed E-state index contributed by atoms with van der Waals surface area (Å²) in [6.07, 6.45) is 4.29. The quantitative estimate of drug-likeness (QED) is 0.207. The summed E-state index contributed by atoms with van der Waals surface area (Å²) in [5.74, 6) is 0. The normalized spacial score (nSPS) is 28.7. The molecule has 2 fully saturated rings. The highest BCUT2D eigenvalue weighted by molar-refractivity contribution is 8.46. The third-order valence-corrected chi connectivity index (χ3v) is 5.66. The number of benzene rings is 1. The Bertz CT molecular complexity index is 634. The molecule has 1 unspecified atom stereocenters. The molecule has 1 N–H and O–H groups in total. The number of thiol groups is 1. The van der Waals surface area contributed by atoms with Gasteiger partial charge in [-0.25, -0.2) is 0 Å². The SMILES string of the molecule is C=C1C[C@H](C[C@@H]2CCO[C@H](c3cccc(CO)c3)O2)O[C@@H](CCO[B]PS)C1. The summed E-state index contributed by atoms with van der Waals surface area (Å²) in [5.41, 5.74) is 3.04. The van der Waals surface area contributed by atoms with Gasteiger partial charge < -0.3 is 24.0 Å². The first-order chi connectivity index (χ1) is 13.7. The predicted molar refractivity (Wildman–Crippen MR) is 116 cm³/mol. The van der Waals surface area contributed by atoms with Gasteiger partial charge in [-0.15, -0.1) is 0 Å². The van der Waals surface area contributed by atoms with Gasteiger partial charge in [0.15, 0.2) is 6.29 Å². The number of hydrogen-bond donors (Lipinski definition) is 2. The van der Waals surface area contributed by atoms with E-state index in [4.69, 9.17) is 18.9 Å². The van der Waals surface area contributed by atoms with E-state index in [0.29, 0.717) is 20.9 Å². The monoisotopic (exact) mass is 423 g/mol. The Morgan fingerprint density at radius 3 is 2.93 bits per heavy atom. The minimum Gasteiger partial charge on any atom is -0.434 e. The molecule has 0 saturated carbocycles. The van der Waals surface area contributed by atoms with E-state index in [1.165, 1.54) is 5.57 Å². The van der Waals surface area contributed by atoms with E-state index in [2.05, 4.69) is 18.8 Å². The molecular weight excluding hydrogens is 394 g/mol. The molecule has 3 rings (SSSR count). The fourth-order valence-corrected chi connectivity index (χ4v) is 4.18. The molecule has 5 nitrogen and oxygen atoms in total. The van der Waals surface area contributed by atoms with Crippen molar-refractivity contribution in [1.82, 2.24) is 0 Å². The molecular formula is C20H29BO5PS. The van der Waals surface area contributed by atoms with Gasteiger partial charge in [-0.3, -0.25) is 0 Å². The molecule has 8 heteroatoms. The summed E-state index contributed by atoms with van der Waals surface area (Å²) < 4.78 is 23.7. The first kappa shape index (κ1) is 22.3. The number of ether oxygens (including phenoxy) is 3. The second-order valence-electron chi connectivity index (χ2n) is 7.33. The third kappa shape index (κ3) is 6.84. The maximum atomic E-state index is 9.35. The van der Waals surface area contributed by atoms with Crippen molar-refractivity contribution in [3.05, 3.63) is 47.5 Å². The van der Waals surface area contributed by atoms with Crippen LogP contribution in [0.5, 0.6) is 0 Å². The summed E-state index contributed by atoms with van der Waals surface area (Å²) in [5, 5.41) is 9.35. The maximum absolute atomic E-state index is 9.35. The van der Waals surface area contributed by atoms with Crippen LogP contribution in [-0.2, 0) is 25.5 Å². The van der Waals surface area contributed by atoms with Crippen LogP contribution in [0.2, 0.25) is 0 Å². The first-order valence-corrected chi connectivity index (χ1v) is 12.2. The molecule has 2 saturated heterocycles. The third-order valence-electron chi connectivity index (χ3n) is 5.07. The van der Waals surface area contributed by atoms with Crippen molar-refractivity contribution in [3.8, 4) is 0 Å². The van der Waals surface area contributed by atoms with Gasteiger partial charge in [0.05, 0.1) is 31.5 Å². The molecule has 0 aromatic heterocycles. The lowest BCUT2D eigenvalue weighted by Crippen LogP contribution is -2.35. The Morgan fingerprint density at radius 1 is 1.25 bits per heavy atom. The molecule has 2 heterocycles. The van der Waals surface area contributed by atoms with Gasteiger partial charge in [0, 0.05) is 18.6 Å². The van der Waals surface area contributed by atoms with Crippen molar-refractivity contribution in [3.63, 3.8) is 0 Å². The van der Waals surface area contributed by atoms with Gasteiger partial charge in [-0.1, -0.05) is 38.0 Å². The summed E-state index contributed by atoms with van der Waals surface area (Å²) >= 11 is 4.13. The molecule has 0 bridgehead atoms. The van der Waals surface area contributed by atoms with E-state index in [9.17, 15) is 5.11 Å². The van der Waals surface area contributed by atoms with E-state index in [-0.39, 0.29) is 31.2 Å². The lowest BCUT2D eigenvalue weighted by molar-refractivity contribution is -0.225. The van der Waals surface area contributed by atoms with Crippen LogP contribution in [0.3, 0.4) is 0 Å². The van der Waals surface area contributed by atoms with Gasteiger partial charge in [-0.05, 0) is 37.3 Å². The van der Waals surface area contributed by atoms with Crippen molar-refractivity contribution in [1.29, 1.82) is 0 Å². The molecule has 0 amide bonds. The molecule has 2 aliphatic heterocycles. The second kappa shape index (κ2) is 11.7. The topological polar surface area (TPSA) is 57.2 Å². The molecule has 153 valence electrons. The number of aliphatic hydroxyl groups is 1. The highest BCUT2D eigenvalue weighted by Gasteiger charge is 2.31. The van der Waals surface area contributed by atoms with Gasteiger partial charge in [0.1, 0.15) is 0 Å². The molecule has 1 aromatic rings. The van der Waals surface area contributed by atoms with Crippen LogP contribution in [0.1, 0.15) is 49.5 Å². The van der Waals surface area contributed by atoms with Crippen molar-refractivity contribution in [2.45, 2.75) is 63.3 Å². The van der Waals surface area contributed by atoms with Crippen LogP contribution in [0.25, 0.3) is 0 Å². The second-order valence-corrected chi connectivity index (χ2v) is 8.60. The van der Waals surface area contributed by atoms with Crippen molar-refractivity contribution >= 4 is 27.1 Å². The van der Waals surface area contributed by atoms with Crippen molar-refractivity contribution in [2.24, 2.45) is 0 Å². The number of rotatable bonds is 9. The largest absolute Gasteiger partial charge is 0.434 e. The standard InChI is InChI=1S/C20H29BO5PS/c1-14-9-17(6-8-24-21-27-28)25-19(10-14)12-18-5-7-23-20(26-18)16-4-2-3-15(11-16)13-22/h2-4,11,17-20,22,27-28H,1,5-10,12-13H2/t17-,18-,19+,20-/m0/s1. The molecule has 5 atom stereocenters. The van der Waals surface area contributed by atoms with Gasteiger partial charge in [0.2, 0.25) is 0 Å². The average Bonchev–Trinajstić information content (AvgIpc) is 2.71. The Labute approximate surface area is 175 Å². The van der Waals surface area contributed by atoms with E-state index < -0.39 is 0 Å². The molecule has 1 radical (unpaired) electrons. The van der Waals surface area contributed by atoms with Crippen LogP contribution >= 0.6 is 19.9 Å². The Morgan fingerprint density at radius 2 is 2.11 bits per heavy atom. The Balaban J connectivity index is 1.51. The van der Waals surface area contributed by atoms with Crippen LogP contribution in [0, 0.1) is 0 Å². The fourth-order valence-electron chi connectivity index (χ4n) is 3.77. The van der Waals surface area contributed by atoms with E-state index >= 15 is 0 Å². The zero-order valence-electron chi connectivity index (χ0n) is 16.1.